The maximum Gasteiger partial charge on any atom is 0.0995 e. The van der Waals surface area contributed by atoms with Crippen molar-refractivity contribution in [3.8, 4) is 6.07 Å². The van der Waals surface area contributed by atoms with E-state index in [1.165, 1.54) is 0 Å². The molecular formula is C15H20N2O. The third kappa shape index (κ3) is 3.10. The lowest BCUT2D eigenvalue weighted by Gasteiger charge is -2.28. The first-order chi connectivity index (χ1) is 8.63. The van der Waals surface area contributed by atoms with Gasteiger partial charge >= 0.3 is 0 Å². The lowest BCUT2D eigenvalue weighted by molar-refractivity contribution is 0.0145. The van der Waals surface area contributed by atoms with Gasteiger partial charge in [-0.05, 0) is 31.5 Å². The number of aliphatic hydroxyl groups is 1. The Labute approximate surface area is 109 Å². The van der Waals surface area contributed by atoms with Gasteiger partial charge in [-0.1, -0.05) is 31.0 Å². The van der Waals surface area contributed by atoms with Gasteiger partial charge in [-0.3, -0.25) is 4.90 Å². The summed E-state index contributed by atoms with van der Waals surface area (Å²) in [4.78, 5) is 2.11. The van der Waals surface area contributed by atoms with E-state index in [9.17, 15) is 5.11 Å². The zero-order chi connectivity index (χ0) is 13.0. The molecule has 1 N–H and O–H groups in total. The highest BCUT2D eigenvalue weighted by Crippen LogP contribution is 2.30. The molecule has 1 saturated carbocycles. The number of benzene rings is 1. The molecule has 1 aromatic rings. The number of nitriles is 1. The van der Waals surface area contributed by atoms with Crippen molar-refractivity contribution in [1.82, 2.24) is 4.90 Å². The van der Waals surface area contributed by atoms with E-state index in [0.717, 1.165) is 36.8 Å². The Bertz CT molecular complexity index is 444. The summed E-state index contributed by atoms with van der Waals surface area (Å²) in [6.45, 7) is 1.40. The molecular weight excluding hydrogens is 224 g/mol. The number of hydrogen-bond donors (Lipinski definition) is 1. The molecule has 0 atom stereocenters. The van der Waals surface area contributed by atoms with Crippen LogP contribution in [0.4, 0.5) is 0 Å². The lowest BCUT2D eigenvalue weighted by Crippen LogP contribution is -2.38. The first-order valence-corrected chi connectivity index (χ1v) is 6.52. The molecule has 0 aliphatic heterocycles. The maximum atomic E-state index is 10.4. The van der Waals surface area contributed by atoms with Gasteiger partial charge in [0.25, 0.3) is 0 Å². The standard InChI is InChI=1S/C15H20N2O/c1-17(12-15(18)8-4-5-9-15)11-14-7-3-2-6-13(14)10-16/h2-3,6-7,18H,4-5,8-9,11-12H2,1H3. The minimum absolute atomic E-state index is 0.518. The summed E-state index contributed by atoms with van der Waals surface area (Å²) in [6, 6.07) is 9.87. The van der Waals surface area contributed by atoms with Crippen LogP contribution in [-0.4, -0.2) is 29.2 Å². The molecule has 96 valence electrons. The predicted molar refractivity (Wildman–Crippen MR) is 70.9 cm³/mol. The van der Waals surface area contributed by atoms with Crippen molar-refractivity contribution in [3.05, 3.63) is 35.4 Å². The van der Waals surface area contributed by atoms with Crippen molar-refractivity contribution >= 4 is 0 Å². The number of rotatable bonds is 4. The number of nitrogens with zero attached hydrogens (tertiary/aromatic N) is 2. The molecule has 0 amide bonds. The van der Waals surface area contributed by atoms with Crippen LogP contribution in [0.5, 0.6) is 0 Å². The van der Waals surface area contributed by atoms with E-state index in [4.69, 9.17) is 5.26 Å². The summed E-state index contributed by atoms with van der Waals surface area (Å²) >= 11 is 0. The second-order valence-corrected chi connectivity index (χ2v) is 5.37. The zero-order valence-corrected chi connectivity index (χ0v) is 10.9. The molecule has 2 rings (SSSR count). The fraction of sp³-hybridized carbons (Fsp3) is 0.533. The minimum Gasteiger partial charge on any atom is -0.389 e. The van der Waals surface area contributed by atoms with Gasteiger partial charge in [-0.2, -0.15) is 5.26 Å². The van der Waals surface area contributed by atoms with Crippen LogP contribution < -0.4 is 0 Å². The Morgan fingerprint density at radius 2 is 2.00 bits per heavy atom. The van der Waals surface area contributed by atoms with E-state index < -0.39 is 5.60 Å². The highest BCUT2D eigenvalue weighted by atomic mass is 16.3. The normalized spacial score (nSPS) is 17.9. The quantitative estimate of drug-likeness (QED) is 0.884. The van der Waals surface area contributed by atoms with E-state index in [2.05, 4.69) is 11.0 Å². The van der Waals surface area contributed by atoms with Crippen molar-refractivity contribution in [2.45, 2.75) is 37.8 Å². The molecule has 3 nitrogen and oxygen atoms in total. The molecule has 1 aromatic carbocycles. The van der Waals surface area contributed by atoms with Crippen molar-refractivity contribution in [2.75, 3.05) is 13.6 Å². The molecule has 1 aliphatic carbocycles. The van der Waals surface area contributed by atoms with Gasteiger partial charge in [0, 0.05) is 13.1 Å². The molecule has 0 spiro atoms. The monoisotopic (exact) mass is 244 g/mol. The van der Waals surface area contributed by atoms with E-state index in [0.29, 0.717) is 13.1 Å². The summed E-state index contributed by atoms with van der Waals surface area (Å²) in [5.74, 6) is 0. The van der Waals surface area contributed by atoms with Gasteiger partial charge in [-0.25, -0.2) is 0 Å². The largest absolute Gasteiger partial charge is 0.389 e. The fourth-order valence-corrected chi connectivity index (χ4v) is 2.81. The summed E-state index contributed by atoms with van der Waals surface area (Å²) in [6.07, 6.45) is 4.05. The third-order valence-corrected chi connectivity index (χ3v) is 3.68. The molecule has 0 unspecified atom stereocenters. The van der Waals surface area contributed by atoms with Crippen molar-refractivity contribution in [2.24, 2.45) is 0 Å². The predicted octanol–water partition coefficient (Wildman–Crippen LogP) is 2.30. The van der Waals surface area contributed by atoms with Crippen LogP contribution in [0.25, 0.3) is 0 Å². The van der Waals surface area contributed by atoms with Gasteiger partial charge in [0.15, 0.2) is 0 Å². The Hall–Kier alpha value is -1.37. The highest BCUT2D eigenvalue weighted by Gasteiger charge is 2.32. The van der Waals surface area contributed by atoms with Crippen LogP contribution in [0.15, 0.2) is 24.3 Å². The molecule has 18 heavy (non-hydrogen) atoms. The second kappa shape index (κ2) is 5.51. The zero-order valence-electron chi connectivity index (χ0n) is 10.9. The molecule has 0 saturated heterocycles. The smallest absolute Gasteiger partial charge is 0.0995 e. The summed E-state index contributed by atoms with van der Waals surface area (Å²) in [5.41, 5.74) is 1.24. The Balaban J connectivity index is 1.99. The fourth-order valence-electron chi connectivity index (χ4n) is 2.81. The second-order valence-electron chi connectivity index (χ2n) is 5.37. The average Bonchev–Trinajstić information content (AvgIpc) is 2.76. The van der Waals surface area contributed by atoms with Crippen LogP contribution in [0.3, 0.4) is 0 Å². The molecule has 0 bridgehead atoms. The first-order valence-electron chi connectivity index (χ1n) is 6.52. The van der Waals surface area contributed by atoms with Crippen molar-refractivity contribution in [1.29, 1.82) is 5.26 Å². The van der Waals surface area contributed by atoms with Crippen LogP contribution in [-0.2, 0) is 6.54 Å². The number of likely N-dealkylation sites (N-methyl/N-ethyl adjacent to an activating group) is 1. The number of hydrogen-bond acceptors (Lipinski definition) is 3. The lowest BCUT2D eigenvalue weighted by atomic mass is 10.0. The molecule has 3 heteroatoms. The van der Waals surface area contributed by atoms with E-state index in [1.807, 2.05) is 31.3 Å². The first kappa shape index (κ1) is 13.1. The van der Waals surface area contributed by atoms with Crippen LogP contribution in [0, 0.1) is 11.3 Å². The van der Waals surface area contributed by atoms with Crippen molar-refractivity contribution in [3.63, 3.8) is 0 Å². The van der Waals surface area contributed by atoms with Crippen molar-refractivity contribution < 1.29 is 5.11 Å². The van der Waals surface area contributed by atoms with E-state index in [-0.39, 0.29) is 0 Å². The highest BCUT2D eigenvalue weighted by molar-refractivity contribution is 5.37. The molecule has 1 aliphatic rings. The Kier molecular flexibility index (Phi) is 4.00. The van der Waals surface area contributed by atoms with Gasteiger partial charge in [-0.15, -0.1) is 0 Å². The molecule has 1 fully saturated rings. The van der Waals surface area contributed by atoms with Crippen LogP contribution >= 0.6 is 0 Å². The Morgan fingerprint density at radius 1 is 1.33 bits per heavy atom. The SMILES string of the molecule is CN(Cc1ccccc1C#N)CC1(O)CCCC1. The maximum absolute atomic E-state index is 10.4. The average molecular weight is 244 g/mol. The topological polar surface area (TPSA) is 47.3 Å². The van der Waals surface area contributed by atoms with Crippen LogP contribution in [0.1, 0.15) is 36.8 Å². The molecule has 0 heterocycles. The van der Waals surface area contributed by atoms with Gasteiger partial charge in [0.1, 0.15) is 0 Å². The summed E-state index contributed by atoms with van der Waals surface area (Å²) in [5, 5.41) is 19.4. The van der Waals surface area contributed by atoms with Gasteiger partial charge < -0.3 is 5.11 Å². The summed E-state index contributed by atoms with van der Waals surface area (Å²) in [7, 11) is 2.00. The summed E-state index contributed by atoms with van der Waals surface area (Å²) < 4.78 is 0. The molecule has 0 radical (unpaired) electrons. The van der Waals surface area contributed by atoms with E-state index in [1.54, 1.807) is 0 Å². The van der Waals surface area contributed by atoms with Crippen LogP contribution in [0.2, 0.25) is 0 Å². The van der Waals surface area contributed by atoms with Gasteiger partial charge in [0.05, 0.1) is 17.2 Å². The van der Waals surface area contributed by atoms with Gasteiger partial charge in [0.2, 0.25) is 0 Å². The van der Waals surface area contributed by atoms with E-state index >= 15 is 0 Å². The minimum atomic E-state index is -0.518. The molecule has 0 aromatic heterocycles. The Morgan fingerprint density at radius 3 is 2.67 bits per heavy atom. The third-order valence-electron chi connectivity index (χ3n) is 3.68.